The number of benzene rings is 7. The van der Waals surface area contributed by atoms with Gasteiger partial charge in [0, 0.05) is 49.5 Å². The third kappa shape index (κ3) is 4.69. The summed E-state index contributed by atoms with van der Waals surface area (Å²) in [7, 11) is 0. The van der Waals surface area contributed by atoms with Gasteiger partial charge in [0.2, 0.25) is 0 Å². The molecule has 0 fully saturated rings. The second-order valence-corrected chi connectivity index (χ2v) is 23.8. The Balaban J connectivity index is 1.19. The van der Waals surface area contributed by atoms with Crippen LogP contribution in [0.1, 0.15) is 128 Å². The van der Waals surface area contributed by atoms with Crippen LogP contribution in [0.5, 0.6) is 0 Å². The molecule has 0 saturated carbocycles. The molecule has 0 spiro atoms. The molecule has 0 amide bonds. The molecule has 0 atom stereocenters. The molecule has 4 heteroatoms. The number of rotatable bonds is 1. The molecule has 3 nitrogen and oxygen atoms in total. The fourth-order valence-corrected chi connectivity index (χ4v) is 13.9. The molecule has 0 bridgehead atoms. The Bertz CT molecular complexity index is 3660. The summed E-state index contributed by atoms with van der Waals surface area (Å²) < 4.78 is 10.4. The SMILES string of the molecule is CC1(C)CCC(C)(C)c2cc(N3c4cc5c(c6c4B(c4oc7cc8c(cc7c43)C(C)(C)CCC8(C)C)n3c4cc7ccccc7cc4c4cccc-6c43)-c3ccccc3C5(C)C)ccc21. The number of para-hydroxylation sites is 1. The van der Waals surface area contributed by atoms with Crippen LogP contribution in [0.3, 0.4) is 0 Å². The Hall–Kier alpha value is -6.00. The first kappa shape index (κ1) is 38.3. The molecule has 0 saturated heterocycles. The molecule has 2 aromatic heterocycles. The van der Waals surface area contributed by atoms with Gasteiger partial charge in [-0.25, -0.2) is 0 Å². The topological polar surface area (TPSA) is 21.3 Å². The quantitative estimate of drug-likeness (QED) is 0.154. The minimum absolute atomic E-state index is 0.0411. The maximum Gasteiger partial charge on any atom is 0.376 e. The summed E-state index contributed by atoms with van der Waals surface area (Å²) in [6.07, 6.45) is 4.67. The zero-order chi connectivity index (χ0) is 44.5. The minimum Gasteiger partial charge on any atom is -0.466 e. The molecule has 0 radical (unpaired) electrons. The molecular weight excluding hydrogens is 787 g/mol. The average molecular weight is 845 g/mol. The molecule has 2 aliphatic heterocycles. The normalized spacial score (nSPS) is 19.5. The van der Waals surface area contributed by atoms with E-state index in [9.17, 15) is 0 Å². The maximum absolute atomic E-state index is 7.72. The predicted molar refractivity (Wildman–Crippen MR) is 275 cm³/mol. The molecular formula is C61H57BN2O. The fourth-order valence-electron chi connectivity index (χ4n) is 13.9. The first-order chi connectivity index (χ1) is 31.0. The van der Waals surface area contributed by atoms with Crippen LogP contribution in [-0.4, -0.2) is 11.3 Å². The summed E-state index contributed by atoms with van der Waals surface area (Å²) in [5, 5.41) is 6.35. The molecule has 7 aromatic carbocycles. The van der Waals surface area contributed by atoms with E-state index >= 15 is 0 Å². The van der Waals surface area contributed by atoms with Crippen molar-refractivity contribution in [2.24, 2.45) is 0 Å². The zero-order valence-corrected chi connectivity index (χ0v) is 39.7. The van der Waals surface area contributed by atoms with Gasteiger partial charge in [0.1, 0.15) is 11.2 Å². The van der Waals surface area contributed by atoms with Crippen molar-refractivity contribution >= 4 is 78.6 Å². The highest BCUT2D eigenvalue weighted by Gasteiger charge is 2.51. The Kier molecular flexibility index (Phi) is 6.99. The van der Waals surface area contributed by atoms with Crippen LogP contribution >= 0.6 is 0 Å². The average Bonchev–Trinajstić information content (AvgIpc) is 3.89. The van der Waals surface area contributed by atoms with Crippen LogP contribution in [0.2, 0.25) is 0 Å². The van der Waals surface area contributed by atoms with Crippen molar-refractivity contribution in [3.63, 3.8) is 0 Å². The van der Waals surface area contributed by atoms with Gasteiger partial charge in [-0.3, -0.25) is 0 Å². The van der Waals surface area contributed by atoms with E-state index in [1.165, 1.54) is 123 Å². The summed E-state index contributed by atoms with van der Waals surface area (Å²) in [5.74, 6) is 0. The Morgan fingerprint density at radius 1 is 0.492 bits per heavy atom. The molecule has 9 aromatic rings. The number of fused-ring (bicyclic) bond motifs is 16. The smallest absolute Gasteiger partial charge is 0.376 e. The standard InChI is InChI=1S/C61H57BN2O/c1-57(2)24-25-58(3,4)44-30-36(22-23-43(44)57)63-49-32-47-51(38-18-13-14-21-42(38)61(47,9)10)52-39-20-15-19-37-40-28-34-16-11-12-17-35(34)29-48(40)64(54(37)39)62(53(49)52)56-55(63)41-31-45-46(33-50(41)65-56)60(7,8)27-26-59(45,5)6/h11-23,28-33H,24-27H2,1-10H3. The van der Waals surface area contributed by atoms with Gasteiger partial charge in [-0.2, -0.15) is 0 Å². The lowest BCUT2D eigenvalue weighted by Crippen LogP contribution is -2.56. The molecule has 0 unspecified atom stereocenters. The lowest BCUT2D eigenvalue weighted by molar-refractivity contribution is 0.332. The Morgan fingerprint density at radius 2 is 1.12 bits per heavy atom. The van der Waals surface area contributed by atoms with E-state index in [2.05, 4.69) is 194 Å². The Morgan fingerprint density at radius 3 is 1.86 bits per heavy atom. The highest BCUT2D eigenvalue weighted by atomic mass is 16.3. The van der Waals surface area contributed by atoms with Crippen molar-refractivity contribution in [1.82, 2.24) is 4.48 Å². The van der Waals surface area contributed by atoms with Gasteiger partial charge in [-0.1, -0.05) is 142 Å². The molecule has 65 heavy (non-hydrogen) atoms. The highest BCUT2D eigenvalue weighted by molar-refractivity contribution is 6.89. The minimum atomic E-state index is -0.205. The van der Waals surface area contributed by atoms with Gasteiger partial charge in [-0.15, -0.1) is 0 Å². The van der Waals surface area contributed by atoms with E-state index in [4.69, 9.17) is 4.42 Å². The zero-order valence-electron chi connectivity index (χ0n) is 39.7. The lowest BCUT2D eigenvalue weighted by Gasteiger charge is -2.44. The molecule has 14 rings (SSSR count). The van der Waals surface area contributed by atoms with Gasteiger partial charge in [0.25, 0.3) is 0 Å². The third-order valence-corrected chi connectivity index (χ3v) is 17.8. The molecule has 3 aliphatic carbocycles. The Labute approximate surface area is 383 Å². The number of nitrogens with zero attached hydrogens (tertiary/aromatic N) is 2. The van der Waals surface area contributed by atoms with Crippen molar-refractivity contribution in [1.29, 1.82) is 0 Å². The van der Waals surface area contributed by atoms with Gasteiger partial charge in [0.15, 0.2) is 0 Å². The number of hydrogen-bond donors (Lipinski definition) is 0. The van der Waals surface area contributed by atoms with Crippen LogP contribution in [-0.2, 0) is 27.1 Å². The number of anilines is 3. The van der Waals surface area contributed by atoms with Crippen LogP contribution in [0.15, 0.2) is 120 Å². The van der Waals surface area contributed by atoms with Crippen LogP contribution in [0.25, 0.3) is 65.8 Å². The second kappa shape index (κ2) is 11.9. The highest BCUT2D eigenvalue weighted by Crippen LogP contribution is 2.59. The number of hydrogen-bond acceptors (Lipinski definition) is 2. The van der Waals surface area contributed by atoms with E-state index < -0.39 is 0 Å². The monoisotopic (exact) mass is 844 g/mol. The third-order valence-electron chi connectivity index (χ3n) is 17.8. The first-order valence-corrected chi connectivity index (χ1v) is 24.3. The van der Waals surface area contributed by atoms with Crippen molar-refractivity contribution < 1.29 is 4.42 Å². The van der Waals surface area contributed by atoms with Crippen molar-refractivity contribution in [2.45, 2.75) is 122 Å². The second-order valence-electron chi connectivity index (χ2n) is 23.8. The van der Waals surface area contributed by atoms with Gasteiger partial charge in [-0.05, 0) is 156 Å². The summed E-state index contributed by atoms with van der Waals surface area (Å²) in [4.78, 5) is 2.67. The summed E-state index contributed by atoms with van der Waals surface area (Å²) >= 11 is 0. The van der Waals surface area contributed by atoms with Crippen LogP contribution < -0.4 is 16.0 Å². The fraction of sp³-hybridized carbons (Fsp3) is 0.311. The van der Waals surface area contributed by atoms with Crippen molar-refractivity contribution in [3.05, 3.63) is 149 Å². The summed E-state index contributed by atoms with van der Waals surface area (Å²) in [6, 6.07) is 45.3. The largest absolute Gasteiger partial charge is 0.466 e. The van der Waals surface area contributed by atoms with Gasteiger partial charge in [0.05, 0.1) is 5.69 Å². The first-order valence-electron chi connectivity index (χ1n) is 24.3. The van der Waals surface area contributed by atoms with Crippen molar-refractivity contribution in [3.8, 4) is 22.3 Å². The molecule has 320 valence electrons. The van der Waals surface area contributed by atoms with Crippen LogP contribution in [0, 0.1) is 0 Å². The number of aromatic nitrogens is 1. The molecule has 0 N–H and O–H groups in total. The summed E-state index contributed by atoms with van der Waals surface area (Å²) in [5.41, 5.74) is 23.7. The van der Waals surface area contributed by atoms with Crippen molar-refractivity contribution in [2.75, 3.05) is 4.90 Å². The predicted octanol–water partition coefficient (Wildman–Crippen LogP) is 15.1. The van der Waals surface area contributed by atoms with Gasteiger partial charge < -0.3 is 13.8 Å². The number of furan rings is 1. The summed E-state index contributed by atoms with van der Waals surface area (Å²) in [6.45, 7) is 24.3. The van der Waals surface area contributed by atoms with E-state index in [0.29, 0.717) is 0 Å². The maximum atomic E-state index is 7.72. The molecule has 5 aliphatic rings. The van der Waals surface area contributed by atoms with E-state index in [0.717, 1.165) is 30.5 Å². The molecule has 4 heterocycles. The van der Waals surface area contributed by atoms with E-state index in [-0.39, 0.29) is 33.9 Å². The van der Waals surface area contributed by atoms with Crippen LogP contribution in [0.4, 0.5) is 17.1 Å². The van der Waals surface area contributed by atoms with E-state index in [1.54, 1.807) is 0 Å². The van der Waals surface area contributed by atoms with Gasteiger partial charge >= 0.3 is 6.85 Å². The lowest BCUT2D eigenvalue weighted by atomic mass is 9.47. The van der Waals surface area contributed by atoms with E-state index in [1.807, 2.05) is 0 Å².